The summed E-state index contributed by atoms with van der Waals surface area (Å²) in [5.74, 6) is 0.914. The summed E-state index contributed by atoms with van der Waals surface area (Å²) in [5, 5.41) is 8.00. The topological polar surface area (TPSA) is 55.0 Å². The first kappa shape index (κ1) is 9.15. The zero-order valence-corrected chi connectivity index (χ0v) is 8.80. The highest BCUT2D eigenvalue weighted by molar-refractivity contribution is 5.52. The van der Waals surface area contributed by atoms with Crippen molar-refractivity contribution in [2.75, 3.05) is 10.6 Å². The van der Waals surface area contributed by atoms with Gasteiger partial charge in [0, 0.05) is 25.0 Å². The highest BCUT2D eigenvalue weighted by atomic mass is 15.3. The number of nitrogens with two attached hydrogens (primary N) is 1. The second-order valence-corrected chi connectivity index (χ2v) is 3.97. The van der Waals surface area contributed by atoms with Crippen LogP contribution in [0.15, 0.2) is 36.5 Å². The number of benzene rings is 1. The van der Waals surface area contributed by atoms with E-state index in [0.717, 1.165) is 24.6 Å². The molecule has 0 amide bonds. The van der Waals surface area contributed by atoms with Crippen molar-refractivity contribution in [2.45, 2.75) is 13.1 Å². The fraction of sp³-hybridized carbons (Fsp3) is 0.167. The summed E-state index contributed by atoms with van der Waals surface area (Å²) in [6.07, 6.45) is 1.69. The Morgan fingerprint density at radius 1 is 1.12 bits per heavy atom. The number of nitrogen functional groups attached to an aromatic ring is 1. The molecule has 0 aliphatic carbocycles. The lowest BCUT2D eigenvalue weighted by molar-refractivity contribution is 0.831. The Morgan fingerprint density at radius 2 is 2.00 bits per heavy atom. The second kappa shape index (κ2) is 3.48. The minimum Gasteiger partial charge on any atom is -0.399 e. The predicted molar refractivity (Wildman–Crippen MR) is 62.8 cm³/mol. The lowest BCUT2D eigenvalue weighted by atomic mass is 10.1. The molecule has 0 spiro atoms. The largest absolute Gasteiger partial charge is 0.399 e. The van der Waals surface area contributed by atoms with E-state index in [-0.39, 0.29) is 0 Å². The quantitative estimate of drug-likeness (QED) is 0.729. The molecule has 1 aromatic carbocycles. The van der Waals surface area contributed by atoms with Gasteiger partial charge < -0.3 is 10.6 Å². The van der Waals surface area contributed by atoms with E-state index < -0.39 is 0 Å². The third kappa shape index (κ3) is 1.48. The normalized spacial score (nSPS) is 13.9. The van der Waals surface area contributed by atoms with Crippen LogP contribution in [0.25, 0.3) is 0 Å². The Morgan fingerprint density at radius 3 is 2.81 bits per heavy atom. The lowest BCUT2D eigenvalue weighted by Gasteiger charge is -2.14. The monoisotopic (exact) mass is 212 g/mol. The first-order valence-electron chi connectivity index (χ1n) is 5.23. The molecular weight excluding hydrogens is 200 g/mol. The summed E-state index contributed by atoms with van der Waals surface area (Å²) in [7, 11) is 0. The Kier molecular flexibility index (Phi) is 1.99. The molecule has 80 valence electrons. The van der Waals surface area contributed by atoms with Gasteiger partial charge in [-0.05, 0) is 35.4 Å². The van der Waals surface area contributed by atoms with Crippen molar-refractivity contribution in [3.63, 3.8) is 0 Å². The van der Waals surface area contributed by atoms with Crippen molar-refractivity contribution in [3.05, 3.63) is 47.7 Å². The number of aromatic nitrogens is 2. The summed E-state index contributed by atoms with van der Waals surface area (Å²) in [6, 6.07) is 9.94. The zero-order valence-electron chi connectivity index (χ0n) is 8.80. The van der Waals surface area contributed by atoms with Crippen LogP contribution < -0.4 is 10.6 Å². The third-order valence-electron chi connectivity index (χ3n) is 2.83. The molecule has 2 aromatic rings. The smallest absolute Gasteiger partial charge is 0.151 e. The molecule has 2 N–H and O–H groups in total. The van der Waals surface area contributed by atoms with Crippen LogP contribution in [0.5, 0.6) is 0 Å². The van der Waals surface area contributed by atoms with Gasteiger partial charge in [-0.2, -0.15) is 5.10 Å². The fourth-order valence-electron chi connectivity index (χ4n) is 2.04. The highest BCUT2D eigenvalue weighted by Crippen LogP contribution is 2.27. The van der Waals surface area contributed by atoms with E-state index in [0.29, 0.717) is 0 Å². The maximum absolute atomic E-state index is 5.77. The van der Waals surface area contributed by atoms with E-state index in [1.54, 1.807) is 6.20 Å². The van der Waals surface area contributed by atoms with Gasteiger partial charge in [-0.25, -0.2) is 0 Å². The van der Waals surface area contributed by atoms with Crippen molar-refractivity contribution in [3.8, 4) is 0 Å². The van der Waals surface area contributed by atoms with Crippen LogP contribution in [0.2, 0.25) is 0 Å². The average molecular weight is 212 g/mol. The van der Waals surface area contributed by atoms with Crippen LogP contribution >= 0.6 is 0 Å². The minimum atomic E-state index is 0.819. The standard InChI is InChI=1S/C12H12N4/c13-11-4-3-9-7-16(8-10(9)6-11)12-2-1-5-14-15-12/h1-6H,7-8,13H2. The van der Waals surface area contributed by atoms with Crippen molar-refractivity contribution in [1.29, 1.82) is 0 Å². The molecule has 3 rings (SSSR count). The summed E-state index contributed by atoms with van der Waals surface area (Å²) < 4.78 is 0. The number of hydrogen-bond donors (Lipinski definition) is 1. The van der Waals surface area contributed by atoms with E-state index in [4.69, 9.17) is 5.73 Å². The summed E-state index contributed by atoms with van der Waals surface area (Å²) in [4.78, 5) is 2.19. The molecule has 16 heavy (non-hydrogen) atoms. The molecule has 0 radical (unpaired) electrons. The van der Waals surface area contributed by atoms with Crippen LogP contribution in [-0.4, -0.2) is 10.2 Å². The number of hydrogen-bond acceptors (Lipinski definition) is 4. The first-order valence-corrected chi connectivity index (χ1v) is 5.23. The van der Waals surface area contributed by atoms with E-state index in [1.807, 2.05) is 24.3 Å². The van der Waals surface area contributed by atoms with Gasteiger partial charge >= 0.3 is 0 Å². The Bertz CT molecular complexity index is 510. The number of rotatable bonds is 1. The van der Waals surface area contributed by atoms with E-state index in [9.17, 15) is 0 Å². The van der Waals surface area contributed by atoms with Gasteiger partial charge in [-0.15, -0.1) is 5.10 Å². The van der Waals surface area contributed by atoms with E-state index in [1.165, 1.54) is 11.1 Å². The summed E-state index contributed by atoms with van der Waals surface area (Å²) in [5.41, 5.74) is 9.19. The number of nitrogens with zero attached hydrogens (tertiary/aromatic N) is 3. The molecule has 4 heteroatoms. The summed E-state index contributed by atoms with van der Waals surface area (Å²) in [6.45, 7) is 1.74. The van der Waals surface area contributed by atoms with Crippen LogP contribution in [0.4, 0.5) is 11.5 Å². The molecule has 1 aromatic heterocycles. The number of fused-ring (bicyclic) bond motifs is 1. The van der Waals surface area contributed by atoms with Gasteiger partial charge in [0.15, 0.2) is 5.82 Å². The molecule has 1 aliphatic rings. The van der Waals surface area contributed by atoms with Gasteiger partial charge in [0.1, 0.15) is 0 Å². The van der Waals surface area contributed by atoms with Gasteiger partial charge in [0.2, 0.25) is 0 Å². The molecule has 4 nitrogen and oxygen atoms in total. The van der Waals surface area contributed by atoms with E-state index >= 15 is 0 Å². The molecule has 0 bridgehead atoms. The molecule has 0 saturated heterocycles. The molecule has 0 saturated carbocycles. The maximum atomic E-state index is 5.77. The van der Waals surface area contributed by atoms with Gasteiger partial charge in [0.25, 0.3) is 0 Å². The van der Waals surface area contributed by atoms with Crippen molar-refractivity contribution < 1.29 is 0 Å². The minimum absolute atomic E-state index is 0.819. The van der Waals surface area contributed by atoms with Crippen molar-refractivity contribution >= 4 is 11.5 Å². The predicted octanol–water partition coefficient (Wildman–Crippen LogP) is 1.58. The van der Waals surface area contributed by atoms with Gasteiger partial charge in [0.05, 0.1) is 0 Å². The van der Waals surface area contributed by atoms with Gasteiger partial charge in [-0.1, -0.05) is 6.07 Å². The highest BCUT2D eigenvalue weighted by Gasteiger charge is 2.19. The van der Waals surface area contributed by atoms with Crippen molar-refractivity contribution in [1.82, 2.24) is 10.2 Å². The van der Waals surface area contributed by atoms with Crippen LogP contribution in [0.1, 0.15) is 11.1 Å². The Balaban J connectivity index is 1.91. The van der Waals surface area contributed by atoms with Gasteiger partial charge in [-0.3, -0.25) is 0 Å². The second-order valence-electron chi connectivity index (χ2n) is 3.97. The van der Waals surface area contributed by atoms with E-state index in [2.05, 4.69) is 21.2 Å². The third-order valence-corrected chi connectivity index (χ3v) is 2.83. The summed E-state index contributed by atoms with van der Waals surface area (Å²) >= 11 is 0. The average Bonchev–Trinajstić information content (AvgIpc) is 2.73. The zero-order chi connectivity index (χ0) is 11.0. The molecule has 0 unspecified atom stereocenters. The van der Waals surface area contributed by atoms with Crippen LogP contribution in [-0.2, 0) is 13.1 Å². The molecule has 0 atom stereocenters. The SMILES string of the molecule is Nc1ccc2c(c1)CN(c1cccnn1)C2. The van der Waals surface area contributed by atoms with Crippen LogP contribution in [0, 0.1) is 0 Å². The first-order chi connectivity index (χ1) is 7.83. The van der Waals surface area contributed by atoms with Crippen molar-refractivity contribution in [2.24, 2.45) is 0 Å². The Labute approximate surface area is 93.7 Å². The van der Waals surface area contributed by atoms with Crippen LogP contribution in [0.3, 0.4) is 0 Å². The number of anilines is 2. The molecule has 1 aliphatic heterocycles. The molecule has 2 heterocycles. The fourth-order valence-corrected chi connectivity index (χ4v) is 2.04. The lowest BCUT2D eigenvalue weighted by Crippen LogP contribution is -2.16. The Hall–Kier alpha value is -2.10. The maximum Gasteiger partial charge on any atom is 0.151 e. The molecule has 0 fully saturated rings. The molecular formula is C12H12N4.